The van der Waals surface area contributed by atoms with Crippen molar-refractivity contribution in [2.45, 2.75) is 0 Å². The van der Waals surface area contributed by atoms with Crippen LogP contribution in [0.1, 0.15) is 43.0 Å². The van der Waals surface area contributed by atoms with Gasteiger partial charge in [0.15, 0.2) is 11.6 Å². The molecule has 5 aromatic rings. The number of carbonyl (C=O) groups is 2. The fourth-order valence-corrected chi connectivity index (χ4v) is 4.90. The lowest BCUT2D eigenvalue weighted by atomic mass is 9.83. The van der Waals surface area contributed by atoms with Crippen LogP contribution < -0.4 is 9.64 Å². The van der Waals surface area contributed by atoms with Gasteiger partial charge in [0, 0.05) is 39.3 Å². The van der Waals surface area contributed by atoms with Crippen molar-refractivity contribution in [3.8, 4) is 5.75 Å². The van der Waals surface area contributed by atoms with Crippen LogP contribution in [0.4, 0.5) is 17.1 Å². The van der Waals surface area contributed by atoms with Gasteiger partial charge < -0.3 is 9.64 Å². The van der Waals surface area contributed by atoms with Gasteiger partial charge in [-0.3, -0.25) is 9.59 Å². The quantitative estimate of drug-likeness (QED) is 0.214. The highest BCUT2D eigenvalue weighted by Crippen LogP contribution is 2.35. The molecule has 0 unspecified atom stereocenters. The monoisotopic (exact) mass is 507 g/mol. The van der Waals surface area contributed by atoms with Gasteiger partial charge in [0.1, 0.15) is 5.75 Å². The Kier molecular flexibility index (Phi) is 6.36. The molecule has 0 aliphatic heterocycles. The van der Waals surface area contributed by atoms with Gasteiger partial charge in [-0.2, -0.15) is 0 Å². The van der Waals surface area contributed by atoms with Crippen molar-refractivity contribution in [3.63, 3.8) is 0 Å². The topological polar surface area (TPSA) is 46.6 Å². The lowest BCUT2D eigenvalue weighted by Gasteiger charge is -2.25. The van der Waals surface area contributed by atoms with Crippen molar-refractivity contribution in [1.29, 1.82) is 0 Å². The van der Waals surface area contributed by atoms with Crippen molar-refractivity contribution in [2.75, 3.05) is 12.0 Å². The van der Waals surface area contributed by atoms with Crippen molar-refractivity contribution in [1.82, 2.24) is 0 Å². The van der Waals surface area contributed by atoms with E-state index in [2.05, 4.69) is 41.3 Å². The number of benzene rings is 5. The zero-order valence-electron chi connectivity index (χ0n) is 21.4. The SMILES string of the molecule is COc1ccc(N(c2ccccc2)c2ccc(/C=C\c3ccc4c(c3)C(=O)c3ccccc3C4=O)cc2)cc1. The molecule has 0 saturated carbocycles. The van der Waals surface area contributed by atoms with E-state index in [0.717, 1.165) is 33.9 Å². The highest BCUT2D eigenvalue weighted by Gasteiger charge is 2.29. The number of anilines is 3. The summed E-state index contributed by atoms with van der Waals surface area (Å²) in [5.41, 5.74) is 6.84. The van der Waals surface area contributed by atoms with Crippen molar-refractivity contribution in [3.05, 3.63) is 155 Å². The molecule has 0 spiro atoms. The van der Waals surface area contributed by atoms with E-state index in [9.17, 15) is 9.59 Å². The first-order valence-electron chi connectivity index (χ1n) is 12.7. The third-order valence-electron chi connectivity index (χ3n) is 6.91. The van der Waals surface area contributed by atoms with Gasteiger partial charge in [0.25, 0.3) is 0 Å². The number of methoxy groups -OCH3 is 1. The second-order valence-electron chi connectivity index (χ2n) is 9.30. The van der Waals surface area contributed by atoms with E-state index < -0.39 is 0 Å². The fourth-order valence-electron chi connectivity index (χ4n) is 4.90. The summed E-state index contributed by atoms with van der Waals surface area (Å²) >= 11 is 0. The predicted molar refractivity (Wildman–Crippen MR) is 156 cm³/mol. The van der Waals surface area contributed by atoms with Crippen LogP contribution in [-0.2, 0) is 0 Å². The Morgan fingerprint density at radius 2 is 1.00 bits per heavy atom. The zero-order valence-corrected chi connectivity index (χ0v) is 21.4. The smallest absolute Gasteiger partial charge is 0.194 e. The van der Waals surface area contributed by atoms with Crippen LogP contribution in [0.3, 0.4) is 0 Å². The average Bonchev–Trinajstić information content (AvgIpc) is 3.00. The first-order chi connectivity index (χ1) is 19.1. The molecular formula is C35H25NO3. The molecular weight excluding hydrogens is 482 g/mol. The maximum atomic E-state index is 13.1. The minimum absolute atomic E-state index is 0.105. The number of para-hydroxylation sites is 1. The van der Waals surface area contributed by atoms with Gasteiger partial charge >= 0.3 is 0 Å². The minimum Gasteiger partial charge on any atom is -0.497 e. The maximum Gasteiger partial charge on any atom is 0.194 e. The molecule has 5 aromatic carbocycles. The van der Waals surface area contributed by atoms with E-state index in [4.69, 9.17) is 4.74 Å². The molecule has 4 heteroatoms. The lowest BCUT2D eigenvalue weighted by molar-refractivity contribution is 0.0979. The predicted octanol–water partition coefficient (Wildman–Crippen LogP) is 8.11. The van der Waals surface area contributed by atoms with E-state index in [1.54, 1.807) is 43.5 Å². The van der Waals surface area contributed by atoms with Gasteiger partial charge in [-0.1, -0.05) is 72.8 Å². The highest BCUT2D eigenvalue weighted by atomic mass is 16.5. The molecule has 0 radical (unpaired) electrons. The lowest BCUT2D eigenvalue weighted by Crippen LogP contribution is -2.20. The molecule has 1 aliphatic rings. The molecule has 39 heavy (non-hydrogen) atoms. The van der Waals surface area contributed by atoms with Gasteiger partial charge in [0.05, 0.1) is 7.11 Å². The molecule has 0 fully saturated rings. The van der Waals surface area contributed by atoms with Gasteiger partial charge in [-0.05, 0) is 71.8 Å². The molecule has 0 N–H and O–H groups in total. The minimum atomic E-state index is -0.112. The van der Waals surface area contributed by atoms with E-state index >= 15 is 0 Å². The number of carbonyl (C=O) groups excluding carboxylic acids is 2. The Labute approximate surface area is 227 Å². The van der Waals surface area contributed by atoms with E-state index in [1.807, 2.05) is 60.7 Å². The first-order valence-corrected chi connectivity index (χ1v) is 12.7. The summed E-state index contributed by atoms with van der Waals surface area (Å²) in [5.74, 6) is 0.593. The molecule has 0 amide bonds. The number of ketones is 2. The Bertz CT molecular complexity index is 1700. The van der Waals surface area contributed by atoms with Crippen LogP contribution in [0.2, 0.25) is 0 Å². The van der Waals surface area contributed by atoms with Gasteiger partial charge in [-0.15, -0.1) is 0 Å². The number of ether oxygens (including phenoxy) is 1. The summed E-state index contributed by atoms with van der Waals surface area (Å²) in [6.45, 7) is 0. The summed E-state index contributed by atoms with van der Waals surface area (Å²) in [7, 11) is 1.66. The first kappa shape index (κ1) is 24.1. The largest absolute Gasteiger partial charge is 0.497 e. The number of fused-ring (bicyclic) bond motifs is 2. The molecule has 0 atom stereocenters. The normalized spacial score (nSPS) is 12.2. The van der Waals surface area contributed by atoms with Crippen LogP contribution >= 0.6 is 0 Å². The van der Waals surface area contributed by atoms with Gasteiger partial charge in [0.2, 0.25) is 0 Å². The summed E-state index contributed by atoms with van der Waals surface area (Å²) in [4.78, 5) is 28.1. The number of hydrogen-bond donors (Lipinski definition) is 0. The molecule has 188 valence electrons. The summed E-state index contributed by atoms with van der Waals surface area (Å²) in [5, 5.41) is 0. The molecule has 1 aliphatic carbocycles. The third-order valence-corrected chi connectivity index (χ3v) is 6.91. The van der Waals surface area contributed by atoms with Crippen LogP contribution in [0.15, 0.2) is 121 Å². The Morgan fingerprint density at radius 3 is 1.64 bits per heavy atom. The Hall–Kier alpha value is -5.22. The van der Waals surface area contributed by atoms with Crippen LogP contribution in [-0.4, -0.2) is 18.7 Å². The Morgan fingerprint density at radius 1 is 0.513 bits per heavy atom. The van der Waals surface area contributed by atoms with E-state index in [0.29, 0.717) is 22.3 Å². The molecule has 0 saturated heterocycles. The summed E-state index contributed by atoms with van der Waals surface area (Å²) < 4.78 is 5.34. The van der Waals surface area contributed by atoms with Crippen LogP contribution in [0.5, 0.6) is 5.75 Å². The second-order valence-corrected chi connectivity index (χ2v) is 9.30. The van der Waals surface area contributed by atoms with Crippen molar-refractivity contribution >= 4 is 40.8 Å². The molecule has 0 bridgehead atoms. The van der Waals surface area contributed by atoms with Crippen molar-refractivity contribution < 1.29 is 14.3 Å². The van der Waals surface area contributed by atoms with Crippen molar-refractivity contribution in [2.24, 2.45) is 0 Å². The van der Waals surface area contributed by atoms with E-state index in [1.165, 1.54) is 0 Å². The van der Waals surface area contributed by atoms with Crippen LogP contribution in [0, 0.1) is 0 Å². The fraction of sp³-hybridized carbons (Fsp3) is 0.0286. The number of nitrogens with zero attached hydrogens (tertiary/aromatic N) is 1. The molecule has 4 nitrogen and oxygen atoms in total. The standard InChI is InChI=1S/C35H25NO3/c1-39-29-20-18-28(19-21-29)36(26-7-3-2-4-8-26)27-16-13-24(14-17-27)11-12-25-15-22-32-33(23-25)35(38)31-10-6-5-9-30(31)34(32)37/h2-23H,1H3/b12-11-. The van der Waals surface area contributed by atoms with E-state index in [-0.39, 0.29) is 11.6 Å². The molecule has 0 aromatic heterocycles. The average molecular weight is 508 g/mol. The molecule has 0 heterocycles. The maximum absolute atomic E-state index is 13.1. The third kappa shape index (κ3) is 4.64. The Balaban J connectivity index is 1.27. The summed E-state index contributed by atoms with van der Waals surface area (Å²) in [6.07, 6.45) is 3.97. The number of rotatable bonds is 6. The highest BCUT2D eigenvalue weighted by molar-refractivity contribution is 6.28. The van der Waals surface area contributed by atoms with Crippen LogP contribution in [0.25, 0.3) is 12.2 Å². The zero-order chi connectivity index (χ0) is 26.8. The number of hydrogen-bond acceptors (Lipinski definition) is 4. The summed E-state index contributed by atoms with van der Waals surface area (Å²) in [6, 6.07) is 39.0. The van der Waals surface area contributed by atoms with Gasteiger partial charge in [-0.25, -0.2) is 0 Å². The molecule has 6 rings (SSSR count). The second kappa shape index (κ2) is 10.3.